The van der Waals surface area contributed by atoms with Crippen molar-refractivity contribution < 1.29 is 13.0 Å². The molecule has 0 aromatic rings. The molecule has 3 fully saturated rings. The van der Waals surface area contributed by atoms with Crippen molar-refractivity contribution in [2.75, 3.05) is 0 Å². The first-order valence-corrected chi connectivity index (χ1v) is 13.4. The third kappa shape index (κ3) is 4.59. The normalized spacial score (nSPS) is 29.8. The second kappa shape index (κ2) is 9.04. The number of hydrogen-bond acceptors (Lipinski definition) is 2. The Morgan fingerprint density at radius 1 is 0.714 bits per heavy atom. The Morgan fingerprint density at radius 2 is 1.21 bits per heavy atom. The van der Waals surface area contributed by atoms with Gasteiger partial charge in [0.2, 0.25) is 0 Å². The van der Waals surface area contributed by atoms with Gasteiger partial charge in [0.15, 0.2) is 0 Å². The highest BCUT2D eigenvalue weighted by molar-refractivity contribution is 7.89. The van der Waals surface area contributed by atoms with E-state index in [9.17, 15) is 13.0 Å². The molecule has 1 atom stereocenters. The maximum atomic E-state index is 12.6. The molecule has 3 saturated carbocycles. The molecular weight excluding hydrogens is 368 g/mol. The summed E-state index contributed by atoms with van der Waals surface area (Å²) in [5, 5.41) is 0. The van der Waals surface area contributed by atoms with Crippen molar-refractivity contribution >= 4 is 10.1 Å². The Balaban J connectivity index is 1.75. The third-order valence-electron chi connectivity index (χ3n) is 8.09. The molecule has 158 valence electrons. The summed E-state index contributed by atoms with van der Waals surface area (Å²) in [5.41, 5.74) is 2.54. The molecule has 4 rings (SSSR count). The van der Waals surface area contributed by atoms with Crippen LogP contribution in [-0.2, 0) is 10.1 Å². The third-order valence-corrected chi connectivity index (χ3v) is 9.18. The van der Waals surface area contributed by atoms with Crippen molar-refractivity contribution in [2.24, 2.45) is 23.7 Å². The SMILES string of the molecule is O=S(=O)(O)C1=C(C2CCCCC2)C=C(C2CCCCC2)CC1C1CCCCC1. The smallest absolute Gasteiger partial charge is 0.282 e. The molecule has 4 heteroatoms. The summed E-state index contributed by atoms with van der Waals surface area (Å²) in [6.45, 7) is 0. The van der Waals surface area contributed by atoms with Gasteiger partial charge in [0.1, 0.15) is 0 Å². The molecule has 1 N–H and O–H groups in total. The van der Waals surface area contributed by atoms with E-state index in [1.54, 1.807) is 0 Å². The maximum absolute atomic E-state index is 12.6. The van der Waals surface area contributed by atoms with Crippen LogP contribution in [0.15, 0.2) is 22.1 Å². The Labute approximate surface area is 171 Å². The van der Waals surface area contributed by atoms with E-state index in [2.05, 4.69) is 6.08 Å². The van der Waals surface area contributed by atoms with E-state index in [0.29, 0.717) is 22.7 Å². The number of allylic oxidation sites excluding steroid dienone is 4. The molecule has 0 heterocycles. The fraction of sp³-hybridized carbons (Fsp3) is 0.833. The van der Waals surface area contributed by atoms with Gasteiger partial charge in [0, 0.05) is 5.92 Å². The Bertz CT molecular complexity index is 700. The van der Waals surface area contributed by atoms with Crippen LogP contribution in [0.1, 0.15) is 103 Å². The Morgan fingerprint density at radius 3 is 1.75 bits per heavy atom. The molecule has 0 bridgehead atoms. The molecule has 4 aliphatic carbocycles. The van der Waals surface area contributed by atoms with Crippen LogP contribution >= 0.6 is 0 Å². The molecule has 0 saturated heterocycles. The van der Waals surface area contributed by atoms with Crippen LogP contribution in [-0.4, -0.2) is 13.0 Å². The molecule has 4 aliphatic rings. The molecule has 0 amide bonds. The van der Waals surface area contributed by atoms with Crippen molar-refractivity contribution in [3.8, 4) is 0 Å². The van der Waals surface area contributed by atoms with Crippen LogP contribution in [0.2, 0.25) is 0 Å². The summed E-state index contributed by atoms with van der Waals surface area (Å²) in [7, 11) is -4.14. The summed E-state index contributed by atoms with van der Waals surface area (Å²) in [6.07, 6.45) is 21.4. The van der Waals surface area contributed by atoms with Gasteiger partial charge in [0.25, 0.3) is 10.1 Å². The van der Waals surface area contributed by atoms with E-state index in [-0.39, 0.29) is 5.92 Å². The highest BCUT2D eigenvalue weighted by Gasteiger charge is 2.40. The van der Waals surface area contributed by atoms with E-state index in [4.69, 9.17) is 0 Å². The minimum atomic E-state index is -4.14. The fourth-order valence-corrected chi connectivity index (χ4v) is 7.82. The quantitative estimate of drug-likeness (QED) is 0.521. The summed E-state index contributed by atoms with van der Waals surface area (Å²) >= 11 is 0. The summed E-state index contributed by atoms with van der Waals surface area (Å²) in [4.78, 5) is 0.436. The first-order valence-electron chi connectivity index (χ1n) is 12.0. The first kappa shape index (κ1) is 20.7. The lowest BCUT2D eigenvalue weighted by Crippen LogP contribution is -2.31. The van der Waals surface area contributed by atoms with E-state index in [1.807, 2.05) is 0 Å². The van der Waals surface area contributed by atoms with Crippen molar-refractivity contribution in [2.45, 2.75) is 103 Å². The Kier molecular flexibility index (Phi) is 6.67. The van der Waals surface area contributed by atoms with Crippen molar-refractivity contribution in [3.63, 3.8) is 0 Å². The predicted octanol–water partition coefficient (Wildman–Crippen LogP) is 6.82. The van der Waals surface area contributed by atoms with Gasteiger partial charge in [-0.3, -0.25) is 4.55 Å². The van der Waals surface area contributed by atoms with Gasteiger partial charge in [-0.25, -0.2) is 0 Å². The van der Waals surface area contributed by atoms with Crippen LogP contribution in [0, 0.1) is 23.7 Å². The number of rotatable bonds is 4. The van der Waals surface area contributed by atoms with E-state index in [1.165, 1.54) is 76.2 Å². The van der Waals surface area contributed by atoms with E-state index < -0.39 is 10.1 Å². The average Bonchev–Trinajstić information content (AvgIpc) is 2.74. The second-order valence-corrected chi connectivity index (χ2v) is 11.3. The minimum Gasteiger partial charge on any atom is -0.282 e. The topological polar surface area (TPSA) is 54.4 Å². The molecule has 0 radical (unpaired) electrons. The zero-order chi connectivity index (χ0) is 19.6. The van der Waals surface area contributed by atoms with E-state index >= 15 is 0 Å². The molecular formula is C24H38O3S. The molecule has 28 heavy (non-hydrogen) atoms. The molecule has 0 aromatic heterocycles. The van der Waals surface area contributed by atoms with Gasteiger partial charge < -0.3 is 0 Å². The largest absolute Gasteiger partial charge is 0.291 e. The van der Waals surface area contributed by atoms with Gasteiger partial charge in [0.05, 0.1) is 4.91 Å². The zero-order valence-corrected chi connectivity index (χ0v) is 18.2. The standard InChI is InChI=1S/C24H38O3S/c25-28(26,27)24-22(19-12-6-2-7-13-19)16-21(18-10-4-1-5-11-18)17-23(24)20-14-8-3-9-15-20/h16,18-20,23H,1-15,17H2,(H,25,26,27). The van der Waals surface area contributed by atoms with Crippen LogP contribution in [0.3, 0.4) is 0 Å². The highest BCUT2D eigenvalue weighted by atomic mass is 32.2. The summed E-state index contributed by atoms with van der Waals surface area (Å²) < 4.78 is 35.6. The van der Waals surface area contributed by atoms with Crippen LogP contribution in [0.4, 0.5) is 0 Å². The van der Waals surface area contributed by atoms with Crippen molar-refractivity contribution in [3.05, 3.63) is 22.1 Å². The minimum absolute atomic E-state index is 0.0224. The lowest BCUT2D eigenvalue weighted by Gasteiger charge is -2.39. The van der Waals surface area contributed by atoms with Gasteiger partial charge in [-0.1, -0.05) is 69.4 Å². The maximum Gasteiger partial charge on any atom is 0.291 e. The Hall–Kier alpha value is -0.610. The summed E-state index contributed by atoms with van der Waals surface area (Å²) in [6, 6.07) is 0. The van der Waals surface area contributed by atoms with Gasteiger partial charge in [-0.05, 0) is 68.3 Å². The van der Waals surface area contributed by atoms with Crippen molar-refractivity contribution in [1.29, 1.82) is 0 Å². The van der Waals surface area contributed by atoms with Gasteiger partial charge in [-0.2, -0.15) is 8.42 Å². The van der Waals surface area contributed by atoms with E-state index in [0.717, 1.165) is 37.7 Å². The first-order chi connectivity index (χ1) is 13.5. The molecule has 0 spiro atoms. The fourth-order valence-electron chi connectivity index (χ4n) is 6.64. The average molecular weight is 407 g/mol. The van der Waals surface area contributed by atoms with Gasteiger partial charge in [-0.15, -0.1) is 0 Å². The van der Waals surface area contributed by atoms with Crippen molar-refractivity contribution in [1.82, 2.24) is 0 Å². The van der Waals surface area contributed by atoms with Crippen LogP contribution in [0.25, 0.3) is 0 Å². The molecule has 1 unspecified atom stereocenters. The summed E-state index contributed by atoms with van der Waals surface area (Å²) in [5.74, 6) is 1.42. The molecule has 3 nitrogen and oxygen atoms in total. The molecule has 0 aliphatic heterocycles. The van der Waals surface area contributed by atoms with Crippen LogP contribution in [0.5, 0.6) is 0 Å². The lowest BCUT2D eigenvalue weighted by atomic mass is 9.68. The van der Waals surface area contributed by atoms with Gasteiger partial charge >= 0.3 is 0 Å². The zero-order valence-electron chi connectivity index (χ0n) is 17.4. The highest BCUT2D eigenvalue weighted by Crippen LogP contribution is 2.49. The second-order valence-electron chi connectivity index (χ2n) is 9.89. The lowest BCUT2D eigenvalue weighted by molar-refractivity contribution is 0.262. The number of hydrogen-bond donors (Lipinski definition) is 1. The predicted molar refractivity (Wildman–Crippen MR) is 114 cm³/mol. The van der Waals surface area contributed by atoms with Crippen LogP contribution < -0.4 is 0 Å². The monoisotopic (exact) mass is 406 g/mol. The molecule has 0 aromatic carbocycles.